The molecule has 1 rings (SSSR count). The molecule has 0 saturated heterocycles. The maximum atomic E-state index is 13.8. The van der Waals surface area contributed by atoms with Crippen molar-refractivity contribution in [2.75, 3.05) is 7.11 Å². The number of carbonyl (C=O) groups is 1. The molecule has 0 spiro atoms. The lowest BCUT2D eigenvalue weighted by molar-refractivity contribution is 0.0968. The molecule has 0 aliphatic carbocycles. The molecular formula is C13H18FNO2. The number of hydrogen-bond acceptors (Lipinski definition) is 3. The quantitative estimate of drug-likeness (QED) is 0.803. The Balaban J connectivity index is 2.83. The molecule has 0 heterocycles. The molecule has 0 aromatic heterocycles. The van der Waals surface area contributed by atoms with Crippen LogP contribution < -0.4 is 10.5 Å². The average Bonchev–Trinajstić information content (AvgIpc) is 2.25. The highest BCUT2D eigenvalue weighted by molar-refractivity contribution is 5.96. The van der Waals surface area contributed by atoms with Gasteiger partial charge in [0, 0.05) is 12.0 Å². The first kappa shape index (κ1) is 13.6. The second kappa shape index (κ2) is 5.27. The molecule has 0 atom stereocenters. The standard InChI is InChI=1S/C13H18FNO2/c1-13(2,15)8-7-10(16)9-5-4-6-11(17-3)12(9)14/h4-6H,7-8,15H2,1-3H3. The van der Waals surface area contributed by atoms with Gasteiger partial charge >= 0.3 is 0 Å². The van der Waals surface area contributed by atoms with Gasteiger partial charge in [-0.15, -0.1) is 0 Å². The Kier molecular flexibility index (Phi) is 4.23. The van der Waals surface area contributed by atoms with Crippen molar-refractivity contribution in [2.24, 2.45) is 5.73 Å². The molecule has 0 radical (unpaired) electrons. The highest BCUT2D eigenvalue weighted by Gasteiger charge is 2.18. The largest absolute Gasteiger partial charge is 0.494 e. The van der Waals surface area contributed by atoms with E-state index < -0.39 is 11.4 Å². The van der Waals surface area contributed by atoms with Crippen molar-refractivity contribution in [1.82, 2.24) is 0 Å². The van der Waals surface area contributed by atoms with Crippen LogP contribution in [-0.2, 0) is 0 Å². The molecule has 0 amide bonds. The van der Waals surface area contributed by atoms with Crippen LogP contribution in [0.25, 0.3) is 0 Å². The number of nitrogens with two attached hydrogens (primary N) is 1. The fraction of sp³-hybridized carbons (Fsp3) is 0.462. The zero-order valence-electron chi connectivity index (χ0n) is 10.4. The summed E-state index contributed by atoms with van der Waals surface area (Å²) < 4.78 is 18.6. The first-order valence-electron chi connectivity index (χ1n) is 5.50. The molecule has 2 N–H and O–H groups in total. The van der Waals surface area contributed by atoms with Gasteiger partial charge in [-0.2, -0.15) is 0 Å². The predicted molar refractivity (Wildman–Crippen MR) is 64.8 cm³/mol. The van der Waals surface area contributed by atoms with E-state index in [1.54, 1.807) is 6.07 Å². The topological polar surface area (TPSA) is 52.3 Å². The summed E-state index contributed by atoms with van der Waals surface area (Å²) in [7, 11) is 1.37. The number of ketones is 1. The fourth-order valence-electron chi connectivity index (χ4n) is 1.45. The molecule has 3 nitrogen and oxygen atoms in total. The average molecular weight is 239 g/mol. The monoisotopic (exact) mass is 239 g/mol. The van der Waals surface area contributed by atoms with Gasteiger partial charge in [-0.05, 0) is 32.4 Å². The van der Waals surface area contributed by atoms with E-state index in [1.165, 1.54) is 19.2 Å². The normalized spacial score (nSPS) is 11.4. The molecular weight excluding hydrogens is 221 g/mol. The maximum absolute atomic E-state index is 13.8. The fourth-order valence-corrected chi connectivity index (χ4v) is 1.45. The van der Waals surface area contributed by atoms with E-state index in [2.05, 4.69) is 0 Å². The number of ether oxygens (including phenoxy) is 1. The highest BCUT2D eigenvalue weighted by atomic mass is 19.1. The van der Waals surface area contributed by atoms with E-state index in [4.69, 9.17) is 10.5 Å². The summed E-state index contributed by atoms with van der Waals surface area (Å²) in [5, 5.41) is 0. The van der Waals surface area contributed by atoms with Crippen LogP contribution in [-0.4, -0.2) is 18.4 Å². The summed E-state index contributed by atoms with van der Waals surface area (Å²) >= 11 is 0. The summed E-state index contributed by atoms with van der Waals surface area (Å²) in [4.78, 5) is 11.8. The molecule has 0 aliphatic rings. The Morgan fingerprint density at radius 2 is 2.12 bits per heavy atom. The molecule has 0 aliphatic heterocycles. The van der Waals surface area contributed by atoms with Gasteiger partial charge in [-0.1, -0.05) is 6.07 Å². The number of rotatable bonds is 5. The summed E-state index contributed by atoms with van der Waals surface area (Å²) in [6.45, 7) is 3.67. The summed E-state index contributed by atoms with van der Waals surface area (Å²) in [6.07, 6.45) is 0.746. The summed E-state index contributed by atoms with van der Waals surface area (Å²) in [5.74, 6) is -0.766. The Bertz CT molecular complexity index is 410. The van der Waals surface area contributed by atoms with Crippen LogP contribution in [0.15, 0.2) is 18.2 Å². The Morgan fingerprint density at radius 1 is 1.47 bits per heavy atom. The lowest BCUT2D eigenvalue weighted by Gasteiger charge is -2.17. The van der Waals surface area contributed by atoms with Crippen LogP contribution in [0.2, 0.25) is 0 Å². The van der Waals surface area contributed by atoms with Crippen molar-refractivity contribution in [3.63, 3.8) is 0 Å². The van der Waals surface area contributed by atoms with E-state index in [0.717, 1.165) is 0 Å². The van der Waals surface area contributed by atoms with E-state index in [-0.39, 0.29) is 23.5 Å². The third-order valence-electron chi connectivity index (χ3n) is 2.48. The molecule has 0 bridgehead atoms. The van der Waals surface area contributed by atoms with Crippen molar-refractivity contribution in [3.05, 3.63) is 29.6 Å². The van der Waals surface area contributed by atoms with Crippen LogP contribution in [0.5, 0.6) is 5.75 Å². The molecule has 1 aromatic carbocycles. The molecule has 0 unspecified atom stereocenters. The van der Waals surface area contributed by atoms with Crippen LogP contribution in [0.4, 0.5) is 4.39 Å². The van der Waals surface area contributed by atoms with Gasteiger partial charge in [0.15, 0.2) is 17.3 Å². The van der Waals surface area contributed by atoms with Gasteiger partial charge in [0.1, 0.15) is 0 Å². The molecule has 0 fully saturated rings. The second-order valence-corrected chi connectivity index (χ2v) is 4.73. The maximum Gasteiger partial charge on any atom is 0.175 e. The number of benzene rings is 1. The van der Waals surface area contributed by atoms with Gasteiger partial charge < -0.3 is 10.5 Å². The van der Waals surface area contributed by atoms with Gasteiger partial charge in [-0.3, -0.25) is 4.79 Å². The Labute approximate surface area is 101 Å². The van der Waals surface area contributed by atoms with Crippen LogP contribution in [0, 0.1) is 5.82 Å². The van der Waals surface area contributed by atoms with E-state index in [0.29, 0.717) is 6.42 Å². The van der Waals surface area contributed by atoms with E-state index >= 15 is 0 Å². The number of Topliss-reactive ketones (excluding diaryl/α,β-unsaturated/α-hetero) is 1. The van der Waals surface area contributed by atoms with Gasteiger partial charge in [0.05, 0.1) is 12.7 Å². The van der Waals surface area contributed by atoms with Gasteiger partial charge in [0.2, 0.25) is 0 Å². The summed E-state index contributed by atoms with van der Waals surface area (Å²) in [6, 6.07) is 4.55. The van der Waals surface area contributed by atoms with Crippen molar-refractivity contribution >= 4 is 5.78 Å². The number of methoxy groups -OCH3 is 1. The third-order valence-corrected chi connectivity index (χ3v) is 2.48. The van der Waals surface area contributed by atoms with Crippen molar-refractivity contribution in [2.45, 2.75) is 32.2 Å². The van der Waals surface area contributed by atoms with Crippen molar-refractivity contribution in [3.8, 4) is 5.75 Å². The van der Waals surface area contributed by atoms with Crippen LogP contribution in [0.1, 0.15) is 37.0 Å². The minimum absolute atomic E-state index is 0.0635. The number of carbonyl (C=O) groups excluding carboxylic acids is 1. The Morgan fingerprint density at radius 3 is 2.65 bits per heavy atom. The van der Waals surface area contributed by atoms with Crippen LogP contribution in [0.3, 0.4) is 0 Å². The first-order valence-corrected chi connectivity index (χ1v) is 5.50. The smallest absolute Gasteiger partial charge is 0.175 e. The molecule has 0 saturated carbocycles. The predicted octanol–water partition coefficient (Wildman–Crippen LogP) is 2.53. The SMILES string of the molecule is COc1cccc(C(=O)CCC(C)(C)N)c1F. The van der Waals surface area contributed by atoms with Crippen molar-refractivity contribution in [1.29, 1.82) is 0 Å². The lowest BCUT2D eigenvalue weighted by atomic mass is 9.96. The molecule has 1 aromatic rings. The molecule has 17 heavy (non-hydrogen) atoms. The number of hydrogen-bond donors (Lipinski definition) is 1. The second-order valence-electron chi connectivity index (χ2n) is 4.73. The Hall–Kier alpha value is -1.42. The van der Waals surface area contributed by atoms with Gasteiger partial charge in [0.25, 0.3) is 0 Å². The minimum atomic E-state index is -0.602. The highest BCUT2D eigenvalue weighted by Crippen LogP contribution is 2.22. The zero-order chi connectivity index (χ0) is 13.1. The van der Waals surface area contributed by atoms with E-state index in [1.807, 2.05) is 13.8 Å². The van der Waals surface area contributed by atoms with Gasteiger partial charge in [-0.25, -0.2) is 4.39 Å². The number of halogens is 1. The third kappa shape index (κ3) is 3.82. The molecule has 94 valence electrons. The van der Waals surface area contributed by atoms with E-state index in [9.17, 15) is 9.18 Å². The summed E-state index contributed by atoms with van der Waals surface area (Å²) in [5.41, 5.74) is 5.42. The lowest BCUT2D eigenvalue weighted by Crippen LogP contribution is -2.32. The van der Waals surface area contributed by atoms with Crippen LogP contribution >= 0.6 is 0 Å². The first-order chi connectivity index (χ1) is 7.85. The minimum Gasteiger partial charge on any atom is -0.494 e. The molecule has 4 heteroatoms. The zero-order valence-corrected chi connectivity index (χ0v) is 10.4. The van der Waals surface area contributed by atoms with Crippen molar-refractivity contribution < 1.29 is 13.9 Å².